The zero-order chi connectivity index (χ0) is 28.2. The standard InChI is InChI=1S/C29H33N7O4/c37-26-7-4-17-36(29(40)22-8-11-30-12-9-22)18-16-34-27(38)25(19-21-5-2-1-3-6-21)35-28(39)24-20-23(10-13-32-24)31-14-15-33-26/h1-3,5-6,8-13,20,25,31H,4,7,14-19H2,(H,33,37)(H,34,38)(H,35,39)/t25-/m0/s1. The molecule has 0 aliphatic carbocycles. The Morgan fingerprint density at radius 3 is 2.45 bits per heavy atom. The summed E-state index contributed by atoms with van der Waals surface area (Å²) in [5, 5.41) is 11.7. The molecule has 11 nitrogen and oxygen atoms in total. The van der Waals surface area contributed by atoms with Crippen molar-refractivity contribution in [3.63, 3.8) is 0 Å². The van der Waals surface area contributed by atoms with Gasteiger partial charge < -0.3 is 26.2 Å². The largest absolute Gasteiger partial charge is 0.383 e. The number of anilines is 1. The highest BCUT2D eigenvalue weighted by atomic mass is 16.2. The molecule has 0 unspecified atom stereocenters. The smallest absolute Gasteiger partial charge is 0.270 e. The Bertz CT molecular complexity index is 1300. The predicted molar refractivity (Wildman–Crippen MR) is 150 cm³/mol. The molecule has 3 aromatic rings. The summed E-state index contributed by atoms with van der Waals surface area (Å²) < 4.78 is 0. The quantitative estimate of drug-likeness (QED) is 0.391. The van der Waals surface area contributed by atoms with Crippen LogP contribution >= 0.6 is 0 Å². The summed E-state index contributed by atoms with van der Waals surface area (Å²) in [5.41, 5.74) is 2.18. The third kappa shape index (κ3) is 8.35. The van der Waals surface area contributed by atoms with E-state index in [1.54, 1.807) is 41.6 Å². The van der Waals surface area contributed by atoms with Gasteiger partial charge in [-0.2, -0.15) is 0 Å². The number of nitrogens with zero attached hydrogens (tertiary/aromatic N) is 3. The number of amides is 4. The van der Waals surface area contributed by atoms with Gasteiger partial charge in [-0.25, -0.2) is 0 Å². The Morgan fingerprint density at radius 1 is 0.875 bits per heavy atom. The molecule has 4 N–H and O–H groups in total. The second-order valence-corrected chi connectivity index (χ2v) is 9.34. The van der Waals surface area contributed by atoms with Crippen LogP contribution in [-0.4, -0.2) is 77.3 Å². The lowest BCUT2D eigenvalue weighted by Crippen LogP contribution is -2.50. The van der Waals surface area contributed by atoms with Crippen molar-refractivity contribution in [3.05, 3.63) is 90.0 Å². The van der Waals surface area contributed by atoms with E-state index < -0.39 is 11.9 Å². The zero-order valence-electron chi connectivity index (χ0n) is 22.1. The van der Waals surface area contributed by atoms with Gasteiger partial charge in [0.1, 0.15) is 11.7 Å². The van der Waals surface area contributed by atoms with Gasteiger partial charge in [-0.3, -0.25) is 29.1 Å². The van der Waals surface area contributed by atoms with Gasteiger partial charge in [0, 0.05) is 75.4 Å². The van der Waals surface area contributed by atoms with E-state index in [9.17, 15) is 19.2 Å². The predicted octanol–water partition coefficient (Wildman–Crippen LogP) is 1.40. The number of aromatic nitrogens is 2. The number of hydrogen-bond acceptors (Lipinski definition) is 7. The van der Waals surface area contributed by atoms with Crippen molar-refractivity contribution in [2.24, 2.45) is 0 Å². The number of nitrogens with one attached hydrogen (secondary N) is 4. The molecule has 11 heteroatoms. The number of carbonyl (C=O) groups excluding carboxylic acids is 4. The van der Waals surface area contributed by atoms with Crippen molar-refractivity contribution in [1.82, 2.24) is 30.8 Å². The molecule has 0 spiro atoms. The van der Waals surface area contributed by atoms with Crippen LogP contribution in [0.1, 0.15) is 39.3 Å². The maximum atomic E-state index is 13.3. The number of hydrogen-bond donors (Lipinski definition) is 4. The molecule has 1 aliphatic heterocycles. The Balaban J connectivity index is 1.53. The number of carbonyl (C=O) groups is 4. The van der Waals surface area contributed by atoms with E-state index in [-0.39, 0.29) is 49.3 Å². The Hall–Kier alpha value is -4.80. The molecule has 0 fully saturated rings. The van der Waals surface area contributed by atoms with E-state index in [1.165, 1.54) is 6.20 Å². The normalized spacial score (nSPS) is 17.6. The van der Waals surface area contributed by atoms with Crippen LogP contribution in [0.15, 0.2) is 73.2 Å². The highest BCUT2D eigenvalue weighted by Gasteiger charge is 2.23. The molecule has 40 heavy (non-hydrogen) atoms. The van der Waals surface area contributed by atoms with Crippen LogP contribution in [0.5, 0.6) is 0 Å². The summed E-state index contributed by atoms with van der Waals surface area (Å²) in [5.74, 6) is -1.20. The highest BCUT2D eigenvalue weighted by molar-refractivity contribution is 5.97. The molecule has 0 saturated carbocycles. The molecule has 1 atom stereocenters. The Labute approximate surface area is 232 Å². The SMILES string of the molecule is O=C1CCCN(C(=O)c2ccncc2)CCNC(=O)[C@H](Cc2ccccc2)NC(=O)c2cc(ccn2)NCCN1. The minimum atomic E-state index is -0.860. The summed E-state index contributed by atoms with van der Waals surface area (Å²) >= 11 is 0. The van der Waals surface area contributed by atoms with Crippen molar-refractivity contribution in [2.75, 3.05) is 38.0 Å². The highest BCUT2D eigenvalue weighted by Crippen LogP contribution is 2.10. The van der Waals surface area contributed by atoms with Crippen molar-refractivity contribution in [1.29, 1.82) is 0 Å². The lowest BCUT2D eigenvalue weighted by molar-refractivity contribution is -0.123. The van der Waals surface area contributed by atoms with Crippen molar-refractivity contribution >= 4 is 29.3 Å². The maximum absolute atomic E-state index is 13.3. The van der Waals surface area contributed by atoms with Crippen LogP contribution in [0.3, 0.4) is 0 Å². The van der Waals surface area contributed by atoms with Crippen LogP contribution in [0.4, 0.5) is 5.69 Å². The third-order valence-electron chi connectivity index (χ3n) is 6.40. The van der Waals surface area contributed by atoms with Gasteiger partial charge in [0.2, 0.25) is 11.8 Å². The minimum absolute atomic E-state index is 0.122. The maximum Gasteiger partial charge on any atom is 0.270 e. The molecule has 2 aromatic heterocycles. The van der Waals surface area contributed by atoms with Crippen LogP contribution in [-0.2, 0) is 16.0 Å². The molecule has 208 valence electrons. The van der Waals surface area contributed by atoms with Gasteiger partial charge in [0.05, 0.1) is 0 Å². The molecule has 1 aromatic carbocycles. The number of fused-ring (bicyclic) bond motifs is 2. The molecule has 0 saturated heterocycles. The summed E-state index contributed by atoms with van der Waals surface area (Å²) in [7, 11) is 0. The molecule has 4 rings (SSSR count). The van der Waals surface area contributed by atoms with Gasteiger partial charge in [-0.15, -0.1) is 0 Å². The fourth-order valence-electron chi connectivity index (χ4n) is 4.31. The average Bonchev–Trinajstić information content (AvgIpc) is 2.98. The van der Waals surface area contributed by atoms with Gasteiger partial charge in [-0.05, 0) is 36.2 Å². The molecule has 0 radical (unpaired) electrons. The first-order valence-electron chi connectivity index (χ1n) is 13.3. The average molecular weight is 544 g/mol. The van der Waals surface area contributed by atoms with Gasteiger partial charge >= 0.3 is 0 Å². The lowest BCUT2D eigenvalue weighted by Gasteiger charge is -2.24. The van der Waals surface area contributed by atoms with E-state index in [0.717, 1.165) is 5.56 Å². The number of benzene rings is 1. The van der Waals surface area contributed by atoms with Crippen LogP contribution in [0.25, 0.3) is 0 Å². The second-order valence-electron chi connectivity index (χ2n) is 9.34. The van der Waals surface area contributed by atoms with Crippen molar-refractivity contribution in [2.45, 2.75) is 25.3 Å². The van der Waals surface area contributed by atoms with E-state index in [0.29, 0.717) is 37.3 Å². The van der Waals surface area contributed by atoms with Gasteiger partial charge in [0.25, 0.3) is 11.8 Å². The molecule has 1 aliphatic rings. The topological polar surface area (TPSA) is 145 Å². The van der Waals surface area contributed by atoms with E-state index in [1.807, 2.05) is 30.3 Å². The van der Waals surface area contributed by atoms with Crippen LogP contribution in [0.2, 0.25) is 0 Å². The van der Waals surface area contributed by atoms with Crippen LogP contribution < -0.4 is 21.3 Å². The number of rotatable bonds is 3. The minimum Gasteiger partial charge on any atom is -0.383 e. The fraction of sp³-hybridized carbons (Fsp3) is 0.310. The van der Waals surface area contributed by atoms with Crippen molar-refractivity contribution < 1.29 is 19.2 Å². The first kappa shape index (κ1) is 28.2. The Morgan fingerprint density at radius 2 is 1.65 bits per heavy atom. The van der Waals surface area contributed by atoms with Crippen molar-refractivity contribution in [3.8, 4) is 0 Å². The molecule has 4 amide bonds. The van der Waals surface area contributed by atoms with Gasteiger partial charge in [-0.1, -0.05) is 30.3 Å². The summed E-state index contributed by atoms with van der Waals surface area (Å²) in [6.45, 7) is 1.57. The Kier molecular flexibility index (Phi) is 10.1. The molecular weight excluding hydrogens is 510 g/mol. The fourth-order valence-corrected chi connectivity index (χ4v) is 4.31. The first-order chi connectivity index (χ1) is 19.5. The third-order valence-corrected chi connectivity index (χ3v) is 6.40. The van der Waals surface area contributed by atoms with Gasteiger partial charge in [0.15, 0.2) is 0 Å². The summed E-state index contributed by atoms with van der Waals surface area (Å²) in [6.07, 6.45) is 5.60. The van der Waals surface area contributed by atoms with E-state index in [4.69, 9.17) is 0 Å². The molecule has 3 heterocycles. The molecule has 2 bridgehead atoms. The lowest BCUT2D eigenvalue weighted by atomic mass is 10.0. The number of pyridine rings is 2. The summed E-state index contributed by atoms with van der Waals surface area (Å²) in [6, 6.07) is 15.1. The summed E-state index contributed by atoms with van der Waals surface area (Å²) in [4.78, 5) is 61.7. The first-order valence-corrected chi connectivity index (χ1v) is 13.3. The van der Waals surface area contributed by atoms with E-state index in [2.05, 4.69) is 31.2 Å². The zero-order valence-corrected chi connectivity index (χ0v) is 22.1. The van der Waals surface area contributed by atoms with Crippen LogP contribution in [0, 0.1) is 0 Å². The monoisotopic (exact) mass is 543 g/mol. The van der Waals surface area contributed by atoms with E-state index >= 15 is 0 Å². The molecular formula is C29H33N7O4. The second kappa shape index (κ2) is 14.4.